The van der Waals surface area contributed by atoms with E-state index in [9.17, 15) is 4.79 Å². The van der Waals surface area contributed by atoms with Crippen molar-refractivity contribution in [1.29, 1.82) is 0 Å². The fourth-order valence-corrected chi connectivity index (χ4v) is 2.52. The van der Waals surface area contributed by atoms with Gasteiger partial charge in [-0.2, -0.15) is 0 Å². The number of ether oxygens (including phenoxy) is 1. The molecule has 1 N–H and O–H groups in total. The average Bonchev–Trinajstić information content (AvgIpc) is 3.25. The Morgan fingerprint density at radius 3 is 2.95 bits per heavy atom. The van der Waals surface area contributed by atoms with E-state index in [1.165, 1.54) is 12.8 Å². The summed E-state index contributed by atoms with van der Waals surface area (Å²) in [5, 5.41) is 3.48. The predicted molar refractivity (Wildman–Crippen MR) is 80.5 cm³/mol. The van der Waals surface area contributed by atoms with Gasteiger partial charge in [-0.15, -0.1) is 0 Å². The van der Waals surface area contributed by atoms with E-state index < -0.39 is 0 Å². The number of rotatable bonds is 6. The van der Waals surface area contributed by atoms with Crippen molar-refractivity contribution >= 4 is 17.3 Å². The van der Waals surface area contributed by atoms with Crippen LogP contribution in [0, 0.1) is 0 Å². The van der Waals surface area contributed by atoms with Crippen LogP contribution in [0.25, 0.3) is 0 Å². The molecule has 1 fully saturated rings. The Kier molecular flexibility index (Phi) is 3.81. The zero-order valence-electron chi connectivity index (χ0n) is 12.0. The molecule has 20 heavy (non-hydrogen) atoms. The molecule has 0 atom stereocenters. The molecule has 2 aliphatic rings. The summed E-state index contributed by atoms with van der Waals surface area (Å²) in [6.45, 7) is 3.12. The fraction of sp³-hybridized carbons (Fsp3) is 0.562. The van der Waals surface area contributed by atoms with Gasteiger partial charge in [0, 0.05) is 18.3 Å². The summed E-state index contributed by atoms with van der Waals surface area (Å²) in [6.07, 6.45) is 5.84. The Labute approximate surface area is 120 Å². The van der Waals surface area contributed by atoms with Crippen molar-refractivity contribution in [2.75, 3.05) is 23.4 Å². The largest absolute Gasteiger partial charge is 0.482 e. The Morgan fingerprint density at radius 1 is 1.35 bits per heavy atom. The lowest BCUT2D eigenvalue weighted by Gasteiger charge is -2.30. The summed E-state index contributed by atoms with van der Waals surface area (Å²) in [7, 11) is 0. The molecule has 1 heterocycles. The monoisotopic (exact) mass is 274 g/mol. The first-order valence-corrected chi connectivity index (χ1v) is 7.61. The Morgan fingerprint density at radius 2 is 2.20 bits per heavy atom. The van der Waals surface area contributed by atoms with Gasteiger partial charge in [-0.3, -0.25) is 4.79 Å². The van der Waals surface area contributed by atoms with Crippen LogP contribution in [0.2, 0.25) is 0 Å². The Hall–Kier alpha value is -1.71. The van der Waals surface area contributed by atoms with Gasteiger partial charge in [0.1, 0.15) is 5.75 Å². The molecule has 4 heteroatoms. The minimum Gasteiger partial charge on any atom is -0.482 e. The highest BCUT2D eigenvalue weighted by Gasteiger charge is 2.26. The molecule has 0 saturated heterocycles. The summed E-state index contributed by atoms with van der Waals surface area (Å²) in [5.74, 6) is 0.889. The Balaban J connectivity index is 1.78. The summed E-state index contributed by atoms with van der Waals surface area (Å²) >= 11 is 0. The van der Waals surface area contributed by atoms with Gasteiger partial charge < -0.3 is 15.0 Å². The van der Waals surface area contributed by atoms with Crippen molar-refractivity contribution in [3.8, 4) is 5.75 Å². The number of carbonyl (C=O) groups is 1. The number of nitrogens with zero attached hydrogens (tertiary/aromatic N) is 1. The fourth-order valence-electron chi connectivity index (χ4n) is 2.52. The normalized spacial score (nSPS) is 17.6. The van der Waals surface area contributed by atoms with Crippen molar-refractivity contribution in [1.82, 2.24) is 0 Å². The van der Waals surface area contributed by atoms with Crippen LogP contribution in [0.4, 0.5) is 11.4 Å². The SMILES string of the molecule is CCCCCN1C(=O)COc2ccc(NC3CC3)cc21. The zero-order valence-corrected chi connectivity index (χ0v) is 12.0. The number of nitrogens with one attached hydrogen (secondary N) is 1. The molecule has 0 unspecified atom stereocenters. The van der Waals surface area contributed by atoms with Gasteiger partial charge >= 0.3 is 0 Å². The number of anilines is 2. The lowest BCUT2D eigenvalue weighted by Crippen LogP contribution is -2.39. The number of benzene rings is 1. The van der Waals surface area contributed by atoms with Crippen LogP contribution >= 0.6 is 0 Å². The molecule has 0 spiro atoms. The zero-order chi connectivity index (χ0) is 13.9. The Bertz CT molecular complexity index is 497. The highest BCUT2D eigenvalue weighted by molar-refractivity contribution is 5.98. The molecule has 3 rings (SSSR count). The second kappa shape index (κ2) is 5.73. The van der Waals surface area contributed by atoms with Gasteiger partial charge in [-0.05, 0) is 37.5 Å². The lowest BCUT2D eigenvalue weighted by atomic mass is 10.1. The highest BCUT2D eigenvalue weighted by atomic mass is 16.5. The van der Waals surface area contributed by atoms with Crippen LogP contribution in [0.15, 0.2) is 18.2 Å². The first-order valence-electron chi connectivity index (χ1n) is 7.61. The van der Waals surface area contributed by atoms with E-state index in [1.54, 1.807) is 0 Å². The third-order valence-electron chi connectivity index (χ3n) is 3.84. The third kappa shape index (κ3) is 2.89. The first kappa shape index (κ1) is 13.3. The molecule has 1 aromatic carbocycles. The van der Waals surface area contributed by atoms with Gasteiger partial charge in [-0.25, -0.2) is 0 Å². The van der Waals surface area contributed by atoms with Gasteiger partial charge in [0.15, 0.2) is 6.61 Å². The summed E-state index contributed by atoms with van der Waals surface area (Å²) in [5.41, 5.74) is 2.01. The quantitative estimate of drug-likeness (QED) is 0.810. The summed E-state index contributed by atoms with van der Waals surface area (Å²) in [6, 6.07) is 6.68. The molecule has 0 bridgehead atoms. The van der Waals surface area contributed by atoms with Crippen molar-refractivity contribution in [3.63, 3.8) is 0 Å². The maximum Gasteiger partial charge on any atom is 0.265 e. The van der Waals surface area contributed by atoms with Gasteiger partial charge in [0.25, 0.3) is 5.91 Å². The molecule has 0 aromatic heterocycles. The van der Waals surface area contributed by atoms with Crippen LogP contribution in [0.5, 0.6) is 5.75 Å². The van der Waals surface area contributed by atoms with Gasteiger partial charge in [0.2, 0.25) is 0 Å². The number of unbranched alkanes of at least 4 members (excludes halogenated alkanes) is 2. The molecule has 4 nitrogen and oxygen atoms in total. The second-order valence-electron chi connectivity index (χ2n) is 5.64. The van der Waals surface area contributed by atoms with Crippen molar-refractivity contribution in [3.05, 3.63) is 18.2 Å². The van der Waals surface area contributed by atoms with Crippen LogP contribution in [0.1, 0.15) is 39.0 Å². The number of carbonyl (C=O) groups excluding carboxylic acids is 1. The standard InChI is InChI=1S/C16H22N2O2/c1-2-3-4-9-18-14-10-13(17-12-5-6-12)7-8-15(14)20-11-16(18)19/h7-8,10,12,17H,2-6,9,11H2,1H3. The smallest absolute Gasteiger partial charge is 0.265 e. The molecule has 1 aliphatic carbocycles. The molecule has 108 valence electrons. The number of fused-ring (bicyclic) bond motifs is 1. The average molecular weight is 274 g/mol. The van der Waals surface area contributed by atoms with Crippen molar-refractivity contribution < 1.29 is 9.53 Å². The van der Waals surface area contributed by atoms with E-state index in [1.807, 2.05) is 17.0 Å². The van der Waals surface area contributed by atoms with E-state index >= 15 is 0 Å². The maximum atomic E-state index is 12.1. The second-order valence-corrected chi connectivity index (χ2v) is 5.64. The maximum absolute atomic E-state index is 12.1. The lowest BCUT2D eigenvalue weighted by molar-refractivity contribution is -0.121. The summed E-state index contributed by atoms with van der Waals surface area (Å²) < 4.78 is 5.53. The molecule has 1 amide bonds. The molecule has 1 aliphatic heterocycles. The minimum absolute atomic E-state index is 0.0668. The molecular formula is C16H22N2O2. The minimum atomic E-state index is 0.0668. The molecule has 0 radical (unpaired) electrons. The highest BCUT2D eigenvalue weighted by Crippen LogP contribution is 2.36. The van der Waals surface area contributed by atoms with E-state index in [0.717, 1.165) is 42.9 Å². The van der Waals surface area contributed by atoms with E-state index in [4.69, 9.17) is 4.74 Å². The van der Waals surface area contributed by atoms with Crippen LogP contribution < -0.4 is 15.0 Å². The number of hydrogen-bond donors (Lipinski definition) is 1. The topological polar surface area (TPSA) is 41.6 Å². The van der Waals surface area contributed by atoms with Crippen molar-refractivity contribution in [2.24, 2.45) is 0 Å². The molecule has 1 saturated carbocycles. The van der Waals surface area contributed by atoms with Crippen LogP contribution in [-0.4, -0.2) is 25.1 Å². The van der Waals surface area contributed by atoms with Gasteiger partial charge in [0.05, 0.1) is 5.69 Å². The van der Waals surface area contributed by atoms with E-state index in [0.29, 0.717) is 6.04 Å². The van der Waals surface area contributed by atoms with Crippen LogP contribution in [0.3, 0.4) is 0 Å². The molecule has 1 aromatic rings. The predicted octanol–water partition coefficient (Wildman–Crippen LogP) is 3.18. The van der Waals surface area contributed by atoms with Gasteiger partial charge in [-0.1, -0.05) is 19.8 Å². The van der Waals surface area contributed by atoms with E-state index in [-0.39, 0.29) is 12.5 Å². The third-order valence-corrected chi connectivity index (χ3v) is 3.84. The van der Waals surface area contributed by atoms with E-state index in [2.05, 4.69) is 18.3 Å². The molecular weight excluding hydrogens is 252 g/mol. The summed E-state index contributed by atoms with van der Waals surface area (Å²) in [4.78, 5) is 14.0. The van der Waals surface area contributed by atoms with Crippen molar-refractivity contribution in [2.45, 2.75) is 45.1 Å². The number of hydrogen-bond acceptors (Lipinski definition) is 3. The first-order chi connectivity index (χ1) is 9.78. The van der Waals surface area contributed by atoms with Crippen LogP contribution in [-0.2, 0) is 4.79 Å². The number of amides is 1.